The zero-order chi connectivity index (χ0) is 13.0. The monoisotopic (exact) mass is 249 g/mol. The Bertz CT molecular complexity index is 468. The molecule has 1 aliphatic heterocycles. The van der Waals surface area contributed by atoms with Crippen molar-refractivity contribution in [1.29, 1.82) is 0 Å². The molecule has 18 heavy (non-hydrogen) atoms. The van der Waals surface area contributed by atoms with Gasteiger partial charge in [0.05, 0.1) is 12.8 Å². The Balaban J connectivity index is 1.99. The molecule has 1 atom stereocenters. The minimum Gasteiger partial charge on any atom is -0.497 e. The summed E-state index contributed by atoms with van der Waals surface area (Å²) in [6.07, 6.45) is 0.834. The molecule has 0 aliphatic carbocycles. The van der Waals surface area contributed by atoms with Gasteiger partial charge in [-0.2, -0.15) is 0 Å². The fourth-order valence-electron chi connectivity index (χ4n) is 1.77. The molecular weight excluding hydrogens is 234 g/mol. The molecule has 0 bridgehead atoms. The third-order valence-electron chi connectivity index (χ3n) is 2.72. The van der Waals surface area contributed by atoms with Crippen LogP contribution >= 0.6 is 0 Å². The Labute approximate surface area is 105 Å². The lowest BCUT2D eigenvalue weighted by Gasteiger charge is -2.05. The molecule has 0 spiro atoms. The van der Waals surface area contributed by atoms with Crippen LogP contribution in [0, 0.1) is 0 Å². The first kappa shape index (κ1) is 12.2. The minimum atomic E-state index is -0.169. The first-order valence-electron chi connectivity index (χ1n) is 5.56. The Kier molecular flexibility index (Phi) is 3.66. The summed E-state index contributed by atoms with van der Waals surface area (Å²) in [6.45, 7) is 0. The van der Waals surface area contributed by atoms with E-state index in [1.54, 1.807) is 7.11 Å². The first-order valence-corrected chi connectivity index (χ1v) is 5.56. The van der Waals surface area contributed by atoms with Gasteiger partial charge in [0.25, 0.3) is 0 Å². The molecular formula is C12H15N3O3. The quantitative estimate of drug-likeness (QED) is 0.364. The van der Waals surface area contributed by atoms with E-state index in [1.165, 1.54) is 0 Å². The summed E-state index contributed by atoms with van der Waals surface area (Å²) >= 11 is 0. The van der Waals surface area contributed by atoms with E-state index in [0.29, 0.717) is 12.8 Å². The smallest absolute Gasteiger partial charge is 0.142 e. The van der Waals surface area contributed by atoms with Crippen LogP contribution in [0.3, 0.4) is 0 Å². The second-order valence-corrected chi connectivity index (χ2v) is 3.99. The topological polar surface area (TPSA) is 89.4 Å². The highest BCUT2D eigenvalue weighted by Crippen LogP contribution is 2.20. The molecule has 0 amide bonds. The average Bonchev–Trinajstić information content (AvgIpc) is 2.87. The van der Waals surface area contributed by atoms with Gasteiger partial charge in [0, 0.05) is 12.8 Å². The van der Waals surface area contributed by atoms with Gasteiger partial charge in [-0.1, -0.05) is 10.3 Å². The summed E-state index contributed by atoms with van der Waals surface area (Å²) in [5, 5.41) is 15.4. The Morgan fingerprint density at radius 2 is 2.28 bits per heavy atom. The Morgan fingerprint density at radius 1 is 1.56 bits per heavy atom. The highest BCUT2D eigenvalue weighted by atomic mass is 16.6. The largest absolute Gasteiger partial charge is 0.497 e. The van der Waals surface area contributed by atoms with E-state index < -0.39 is 0 Å². The summed E-state index contributed by atoms with van der Waals surface area (Å²) in [5.74, 6) is 0.942. The predicted molar refractivity (Wildman–Crippen MR) is 67.0 cm³/mol. The average molecular weight is 249 g/mol. The fraction of sp³-hybridized carbons (Fsp3) is 0.333. The zero-order valence-electron chi connectivity index (χ0n) is 10.0. The summed E-state index contributed by atoms with van der Waals surface area (Å²) in [7, 11) is 1.62. The molecule has 0 aromatic heterocycles. The summed E-state index contributed by atoms with van der Waals surface area (Å²) in [6, 6.07) is 7.59. The van der Waals surface area contributed by atoms with Crippen LogP contribution in [-0.2, 0) is 4.84 Å². The number of rotatable bonds is 4. The van der Waals surface area contributed by atoms with Gasteiger partial charge in [-0.15, -0.1) is 0 Å². The molecule has 0 fully saturated rings. The van der Waals surface area contributed by atoms with E-state index in [4.69, 9.17) is 20.5 Å². The van der Waals surface area contributed by atoms with E-state index in [2.05, 4.69) is 10.3 Å². The highest BCUT2D eigenvalue weighted by Gasteiger charge is 2.23. The van der Waals surface area contributed by atoms with Crippen LogP contribution in [-0.4, -0.2) is 30.0 Å². The van der Waals surface area contributed by atoms with Crippen LogP contribution in [0.1, 0.15) is 18.4 Å². The molecule has 6 nitrogen and oxygen atoms in total. The van der Waals surface area contributed by atoms with Crippen molar-refractivity contribution in [2.75, 3.05) is 7.11 Å². The van der Waals surface area contributed by atoms with Gasteiger partial charge >= 0.3 is 0 Å². The van der Waals surface area contributed by atoms with Gasteiger partial charge in [0.15, 0.2) is 0 Å². The van der Waals surface area contributed by atoms with Gasteiger partial charge in [0.1, 0.15) is 17.7 Å². The number of benzene rings is 1. The van der Waals surface area contributed by atoms with E-state index >= 15 is 0 Å². The zero-order valence-corrected chi connectivity index (χ0v) is 10.0. The van der Waals surface area contributed by atoms with Crippen molar-refractivity contribution in [3.8, 4) is 5.75 Å². The molecule has 0 radical (unpaired) electrons. The molecule has 1 aromatic carbocycles. The van der Waals surface area contributed by atoms with Crippen LogP contribution in [0.15, 0.2) is 34.6 Å². The number of methoxy groups -OCH3 is 1. The van der Waals surface area contributed by atoms with Crippen molar-refractivity contribution in [2.45, 2.75) is 18.9 Å². The normalized spacial score (nSPS) is 19.3. The van der Waals surface area contributed by atoms with Crippen LogP contribution < -0.4 is 10.5 Å². The van der Waals surface area contributed by atoms with Crippen molar-refractivity contribution in [1.82, 2.24) is 0 Å². The molecule has 2 rings (SSSR count). The van der Waals surface area contributed by atoms with Crippen molar-refractivity contribution in [3.63, 3.8) is 0 Å². The van der Waals surface area contributed by atoms with Crippen molar-refractivity contribution in [3.05, 3.63) is 29.8 Å². The number of oxime groups is 2. The van der Waals surface area contributed by atoms with E-state index in [0.717, 1.165) is 17.0 Å². The molecule has 6 heteroatoms. The standard InChI is InChI=1S/C12H15N3O3/c1-17-9-4-2-8(3-5-9)11-6-10(18-15-11)7-12(13)14-16/h2-5,10,16H,6-7H2,1H3,(H2,13,14)/t10-/m0/s1. The van der Waals surface area contributed by atoms with Gasteiger partial charge in [-0.25, -0.2) is 0 Å². The Hall–Kier alpha value is -2.24. The maximum Gasteiger partial charge on any atom is 0.142 e. The van der Waals surface area contributed by atoms with E-state index in [9.17, 15) is 0 Å². The minimum absolute atomic E-state index is 0.145. The number of hydrogen-bond donors (Lipinski definition) is 2. The van der Waals surface area contributed by atoms with Gasteiger partial charge in [0.2, 0.25) is 0 Å². The van der Waals surface area contributed by atoms with Crippen molar-refractivity contribution < 1.29 is 14.8 Å². The van der Waals surface area contributed by atoms with Crippen molar-refractivity contribution in [2.24, 2.45) is 16.0 Å². The molecule has 1 aliphatic rings. The highest BCUT2D eigenvalue weighted by molar-refractivity contribution is 6.01. The van der Waals surface area contributed by atoms with Crippen LogP contribution in [0.4, 0.5) is 0 Å². The molecule has 96 valence electrons. The molecule has 0 saturated heterocycles. The SMILES string of the molecule is COc1ccc(C2=NO[C@H](C/C(N)=N\O)C2)cc1. The summed E-state index contributed by atoms with van der Waals surface area (Å²) < 4.78 is 5.09. The number of nitrogens with two attached hydrogens (primary N) is 1. The second kappa shape index (κ2) is 5.39. The lowest BCUT2D eigenvalue weighted by molar-refractivity contribution is 0.0901. The molecule has 1 heterocycles. The lowest BCUT2D eigenvalue weighted by atomic mass is 10.0. The Morgan fingerprint density at radius 3 is 2.89 bits per heavy atom. The van der Waals surface area contributed by atoms with Gasteiger partial charge < -0.3 is 20.5 Å². The molecule has 3 N–H and O–H groups in total. The lowest BCUT2D eigenvalue weighted by Crippen LogP contribution is -2.20. The van der Waals surface area contributed by atoms with Gasteiger partial charge in [-0.3, -0.25) is 0 Å². The number of nitrogens with zero attached hydrogens (tertiary/aromatic N) is 2. The van der Waals surface area contributed by atoms with E-state index in [-0.39, 0.29) is 11.9 Å². The second-order valence-electron chi connectivity index (χ2n) is 3.99. The predicted octanol–water partition coefficient (Wildman–Crippen LogP) is 1.32. The maximum atomic E-state index is 8.49. The molecule has 0 saturated carbocycles. The molecule has 1 aromatic rings. The van der Waals surface area contributed by atoms with Crippen LogP contribution in [0.2, 0.25) is 0 Å². The maximum absolute atomic E-state index is 8.49. The van der Waals surface area contributed by atoms with Crippen molar-refractivity contribution >= 4 is 11.5 Å². The number of ether oxygens (including phenoxy) is 1. The third kappa shape index (κ3) is 2.71. The van der Waals surface area contributed by atoms with Crippen LogP contribution in [0.25, 0.3) is 0 Å². The first-order chi connectivity index (χ1) is 8.72. The van der Waals surface area contributed by atoms with Crippen LogP contribution in [0.5, 0.6) is 5.75 Å². The fourth-order valence-corrected chi connectivity index (χ4v) is 1.77. The van der Waals surface area contributed by atoms with Gasteiger partial charge in [-0.05, 0) is 29.8 Å². The third-order valence-corrected chi connectivity index (χ3v) is 2.72. The summed E-state index contributed by atoms with van der Waals surface area (Å²) in [4.78, 5) is 5.23. The number of amidine groups is 1. The molecule has 0 unspecified atom stereocenters. The summed E-state index contributed by atoms with van der Waals surface area (Å²) in [5.41, 5.74) is 7.27. The number of hydrogen-bond acceptors (Lipinski definition) is 5. The van der Waals surface area contributed by atoms with E-state index in [1.807, 2.05) is 24.3 Å².